The van der Waals surface area contributed by atoms with Crippen molar-refractivity contribution in [2.75, 3.05) is 0 Å². The molecule has 2 heterocycles. The first kappa shape index (κ1) is 30.4. The summed E-state index contributed by atoms with van der Waals surface area (Å²) in [6.45, 7) is 2.14. The average Bonchev–Trinajstić information content (AvgIpc) is 3.82. The van der Waals surface area contributed by atoms with Crippen molar-refractivity contribution in [1.29, 1.82) is 0 Å². The van der Waals surface area contributed by atoms with Crippen LogP contribution in [0.4, 0.5) is 0 Å². The van der Waals surface area contributed by atoms with Gasteiger partial charge in [0.15, 0.2) is 0 Å². The van der Waals surface area contributed by atoms with E-state index in [1.54, 1.807) is 0 Å². The normalized spacial score (nSPS) is 11.9. The number of benzene rings is 9. The van der Waals surface area contributed by atoms with Crippen molar-refractivity contribution in [1.82, 2.24) is 0 Å². The van der Waals surface area contributed by atoms with Crippen molar-refractivity contribution in [2.24, 2.45) is 0 Å². The quantitative estimate of drug-likeness (QED) is 0.129. The molecule has 0 unspecified atom stereocenters. The van der Waals surface area contributed by atoms with E-state index in [2.05, 4.69) is 171 Å². The van der Waals surface area contributed by atoms with Crippen molar-refractivity contribution >= 4 is 76.9 Å². The van der Waals surface area contributed by atoms with E-state index < -0.39 is 0 Å². The molecule has 0 spiro atoms. The van der Waals surface area contributed by atoms with Gasteiger partial charge in [-0.2, -0.15) is 0 Å². The predicted octanol–water partition coefficient (Wildman–Crippen LogP) is 14.2. The van der Waals surface area contributed by atoms with Gasteiger partial charge in [0.05, 0.1) is 0 Å². The zero-order valence-electron chi connectivity index (χ0n) is 29.1. The molecular formula is C51H32OSe. The molecule has 2 aromatic heterocycles. The molecule has 11 rings (SSSR count). The zero-order chi connectivity index (χ0) is 35.0. The van der Waals surface area contributed by atoms with Gasteiger partial charge in [-0.3, -0.25) is 0 Å². The van der Waals surface area contributed by atoms with Crippen molar-refractivity contribution in [3.05, 3.63) is 182 Å². The second kappa shape index (κ2) is 11.9. The fraction of sp³-hybridized carbons (Fsp3) is 0.0196. The van der Waals surface area contributed by atoms with Crippen LogP contribution in [0.25, 0.3) is 107 Å². The molecule has 9 aromatic carbocycles. The van der Waals surface area contributed by atoms with Gasteiger partial charge in [-0.05, 0) is 0 Å². The number of hydrogen-bond acceptors (Lipinski definition) is 1. The number of furan rings is 1. The van der Waals surface area contributed by atoms with Crippen molar-refractivity contribution in [3.8, 4) is 44.5 Å². The van der Waals surface area contributed by atoms with Gasteiger partial charge in [0.2, 0.25) is 0 Å². The summed E-state index contributed by atoms with van der Waals surface area (Å²) in [5.74, 6) is 0. The van der Waals surface area contributed by atoms with Crippen LogP contribution < -0.4 is 0 Å². The van der Waals surface area contributed by atoms with Crippen LogP contribution in [-0.2, 0) is 0 Å². The van der Waals surface area contributed by atoms with E-state index in [9.17, 15) is 0 Å². The average molecular weight is 740 g/mol. The van der Waals surface area contributed by atoms with Crippen LogP contribution in [0.5, 0.6) is 0 Å². The zero-order valence-corrected chi connectivity index (χ0v) is 30.8. The minimum atomic E-state index is 0.120. The molecule has 0 aliphatic carbocycles. The Balaban J connectivity index is 1.24. The third-order valence-corrected chi connectivity index (χ3v) is 13.6. The SMILES string of the molecule is Cc1cocc1-c1c2ccccc2c(-c2cccc3c2[se]c2cccc(-c4c5ccccc5c(-c5ccccc5)c5ccccc45)c23)c2ccccc12. The van der Waals surface area contributed by atoms with Crippen LogP contribution in [0.15, 0.2) is 181 Å². The van der Waals surface area contributed by atoms with Gasteiger partial charge in [0, 0.05) is 0 Å². The Morgan fingerprint density at radius 3 is 1.32 bits per heavy atom. The first-order valence-corrected chi connectivity index (χ1v) is 19.9. The van der Waals surface area contributed by atoms with Crippen LogP contribution >= 0.6 is 0 Å². The van der Waals surface area contributed by atoms with Crippen molar-refractivity contribution in [2.45, 2.75) is 6.92 Å². The second-order valence-electron chi connectivity index (χ2n) is 14.0. The van der Waals surface area contributed by atoms with E-state index in [4.69, 9.17) is 4.42 Å². The topological polar surface area (TPSA) is 13.1 Å². The van der Waals surface area contributed by atoms with Gasteiger partial charge in [0.25, 0.3) is 0 Å². The van der Waals surface area contributed by atoms with Crippen LogP contribution in [0, 0.1) is 6.92 Å². The molecule has 0 aliphatic heterocycles. The first-order valence-electron chi connectivity index (χ1n) is 18.2. The number of aryl methyl sites for hydroxylation is 1. The molecule has 0 saturated heterocycles. The molecule has 0 atom stereocenters. The fourth-order valence-corrected chi connectivity index (χ4v) is 11.5. The summed E-state index contributed by atoms with van der Waals surface area (Å²) in [7, 11) is 0. The monoisotopic (exact) mass is 740 g/mol. The standard InChI is InChI=1S/C51H32OSe/c1-31-29-52-30-44(31)49-39-23-11-9-21-37(39)48(38-22-10-12-24-40(38)49)42-26-13-27-43-50-41(25-14-28-45(50)53-51(42)43)47-35-19-7-5-17-33(35)46(32-15-3-2-4-16-32)34-18-6-8-20-36(34)47/h2-30H,1H3. The van der Waals surface area contributed by atoms with E-state index in [1.807, 2.05) is 12.5 Å². The maximum atomic E-state index is 5.74. The number of hydrogen-bond donors (Lipinski definition) is 0. The second-order valence-corrected chi connectivity index (χ2v) is 16.2. The number of fused-ring (bicyclic) bond motifs is 7. The summed E-state index contributed by atoms with van der Waals surface area (Å²) in [6.07, 6.45) is 3.76. The summed E-state index contributed by atoms with van der Waals surface area (Å²) in [4.78, 5) is 0. The van der Waals surface area contributed by atoms with Crippen LogP contribution in [0.2, 0.25) is 0 Å². The molecule has 0 amide bonds. The molecule has 0 bridgehead atoms. The number of rotatable bonds is 4. The van der Waals surface area contributed by atoms with E-state index >= 15 is 0 Å². The Morgan fingerprint density at radius 2 is 0.792 bits per heavy atom. The first-order chi connectivity index (χ1) is 26.3. The fourth-order valence-electron chi connectivity index (χ4n) is 8.91. The molecule has 1 nitrogen and oxygen atoms in total. The molecule has 0 fully saturated rings. The molecule has 2 heteroatoms. The van der Waals surface area contributed by atoms with Crippen molar-refractivity contribution in [3.63, 3.8) is 0 Å². The third kappa shape index (κ3) is 4.50. The van der Waals surface area contributed by atoms with E-state index in [0.717, 1.165) is 11.1 Å². The molecule has 0 radical (unpaired) electrons. The van der Waals surface area contributed by atoms with E-state index in [0.29, 0.717) is 0 Å². The summed E-state index contributed by atoms with van der Waals surface area (Å²) >= 11 is 0.120. The Morgan fingerprint density at radius 1 is 0.358 bits per heavy atom. The van der Waals surface area contributed by atoms with Gasteiger partial charge in [0.1, 0.15) is 0 Å². The molecule has 0 N–H and O–H groups in total. The molecular weight excluding hydrogens is 708 g/mol. The molecule has 11 aromatic rings. The van der Waals surface area contributed by atoms with Gasteiger partial charge < -0.3 is 0 Å². The molecule has 248 valence electrons. The Bertz CT molecular complexity index is 3120. The van der Waals surface area contributed by atoms with Gasteiger partial charge >= 0.3 is 315 Å². The van der Waals surface area contributed by atoms with Crippen LogP contribution in [-0.4, -0.2) is 14.5 Å². The summed E-state index contributed by atoms with van der Waals surface area (Å²) in [5.41, 5.74) is 11.4. The van der Waals surface area contributed by atoms with Crippen LogP contribution in [0.3, 0.4) is 0 Å². The van der Waals surface area contributed by atoms with Crippen LogP contribution in [0.1, 0.15) is 5.56 Å². The molecule has 53 heavy (non-hydrogen) atoms. The van der Waals surface area contributed by atoms with E-state index in [-0.39, 0.29) is 14.5 Å². The van der Waals surface area contributed by atoms with Gasteiger partial charge in [-0.1, -0.05) is 0 Å². The Hall–Kier alpha value is -6.18. The van der Waals surface area contributed by atoms with Gasteiger partial charge in [-0.15, -0.1) is 0 Å². The Kier molecular flexibility index (Phi) is 6.86. The summed E-state index contributed by atoms with van der Waals surface area (Å²) in [5, 5.41) is 12.9. The maximum absolute atomic E-state index is 5.74. The minimum absolute atomic E-state index is 0.120. The van der Waals surface area contributed by atoms with E-state index in [1.165, 1.54) is 101 Å². The predicted molar refractivity (Wildman–Crippen MR) is 227 cm³/mol. The Labute approximate surface area is 313 Å². The van der Waals surface area contributed by atoms with Crippen molar-refractivity contribution < 1.29 is 4.42 Å². The molecule has 0 aliphatic rings. The molecule has 0 saturated carbocycles. The summed E-state index contributed by atoms with van der Waals surface area (Å²) < 4.78 is 8.64. The van der Waals surface area contributed by atoms with Gasteiger partial charge in [-0.25, -0.2) is 0 Å². The summed E-state index contributed by atoms with van der Waals surface area (Å²) in [6, 6.07) is 60.8. The third-order valence-electron chi connectivity index (χ3n) is 11.1.